The first-order valence-electron chi connectivity index (χ1n) is 8.46. The van der Waals surface area contributed by atoms with E-state index >= 15 is 0 Å². The maximum absolute atomic E-state index is 13.3. The molecule has 0 bridgehead atoms. The predicted octanol–water partition coefficient (Wildman–Crippen LogP) is 2.99. The molecule has 0 saturated carbocycles. The first kappa shape index (κ1) is 18.2. The SMILES string of the molecule is Cc1nn(C)c(NC2CCN(Cc3ccc(F)c(F)c3)CC2)c1[N+](=O)[O-]. The fourth-order valence-electron chi connectivity index (χ4n) is 3.35. The number of nitrogens with one attached hydrogen (secondary N) is 1. The van der Waals surface area contributed by atoms with Crippen molar-refractivity contribution in [3.05, 3.63) is 51.2 Å². The van der Waals surface area contributed by atoms with E-state index in [4.69, 9.17) is 0 Å². The van der Waals surface area contributed by atoms with Gasteiger partial charge in [-0.1, -0.05) is 6.07 Å². The van der Waals surface area contributed by atoms with Crippen molar-refractivity contribution in [3.63, 3.8) is 0 Å². The van der Waals surface area contributed by atoms with Gasteiger partial charge in [-0.3, -0.25) is 15.0 Å². The van der Waals surface area contributed by atoms with E-state index in [0.717, 1.165) is 37.6 Å². The molecule has 1 fully saturated rings. The number of rotatable bonds is 5. The molecular formula is C17H21F2N5O2. The molecule has 0 spiro atoms. The van der Waals surface area contributed by atoms with Gasteiger partial charge in [-0.25, -0.2) is 13.5 Å². The van der Waals surface area contributed by atoms with Crippen molar-refractivity contribution in [2.24, 2.45) is 7.05 Å². The third kappa shape index (κ3) is 3.82. The third-order valence-electron chi connectivity index (χ3n) is 4.69. The third-order valence-corrected chi connectivity index (χ3v) is 4.69. The van der Waals surface area contributed by atoms with Crippen LogP contribution in [0.4, 0.5) is 20.3 Å². The van der Waals surface area contributed by atoms with E-state index in [1.54, 1.807) is 20.0 Å². The van der Waals surface area contributed by atoms with Crippen LogP contribution in [-0.2, 0) is 13.6 Å². The fourth-order valence-corrected chi connectivity index (χ4v) is 3.35. The Morgan fingerprint density at radius 3 is 2.62 bits per heavy atom. The molecule has 2 aromatic rings. The van der Waals surface area contributed by atoms with Gasteiger partial charge in [0.2, 0.25) is 5.82 Å². The van der Waals surface area contributed by atoms with Gasteiger partial charge in [-0.15, -0.1) is 0 Å². The first-order valence-corrected chi connectivity index (χ1v) is 8.46. The Balaban J connectivity index is 1.59. The number of likely N-dealkylation sites (tertiary alicyclic amines) is 1. The smallest absolute Gasteiger partial charge is 0.333 e. The number of hydrogen-bond acceptors (Lipinski definition) is 5. The summed E-state index contributed by atoms with van der Waals surface area (Å²) in [5.74, 6) is -1.26. The van der Waals surface area contributed by atoms with E-state index < -0.39 is 16.6 Å². The van der Waals surface area contributed by atoms with E-state index in [9.17, 15) is 18.9 Å². The lowest BCUT2D eigenvalue weighted by Crippen LogP contribution is -2.39. The molecule has 0 atom stereocenters. The maximum atomic E-state index is 13.3. The molecule has 1 saturated heterocycles. The summed E-state index contributed by atoms with van der Waals surface area (Å²) in [4.78, 5) is 13.0. The van der Waals surface area contributed by atoms with Crippen LogP contribution in [0.15, 0.2) is 18.2 Å². The Kier molecular flexibility index (Phi) is 5.17. The topological polar surface area (TPSA) is 76.2 Å². The Hall–Kier alpha value is -2.55. The molecule has 7 nitrogen and oxygen atoms in total. The molecule has 1 aromatic carbocycles. The second kappa shape index (κ2) is 7.36. The van der Waals surface area contributed by atoms with Gasteiger partial charge in [-0.05, 0) is 37.5 Å². The van der Waals surface area contributed by atoms with Gasteiger partial charge in [0, 0.05) is 32.7 Å². The highest BCUT2D eigenvalue weighted by Gasteiger charge is 2.27. The van der Waals surface area contributed by atoms with E-state index in [2.05, 4.69) is 15.3 Å². The highest BCUT2D eigenvalue weighted by Crippen LogP contribution is 2.29. The second-order valence-electron chi connectivity index (χ2n) is 6.61. The molecule has 1 aliphatic heterocycles. The number of nitro groups is 1. The van der Waals surface area contributed by atoms with Gasteiger partial charge >= 0.3 is 5.69 Å². The molecule has 0 amide bonds. The summed E-state index contributed by atoms with van der Waals surface area (Å²) >= 11 is 0. The van der Waals surface area contributed by atoms with E-state index in [1.807, 2.05) is 0 Å². The highest BCUT2D eigenvalue weighted by molar-refractivity contribution is 5.59. The van der Waals surface area contributed by atoms with Gasteiger partial charge in [0.1, 0.15) is 5.69 Å². The first-order chi connectivity index (χ1) is 12.3. The van der Waals surface area contributed by atoms with Crippen molar-refractivity contribution < 1.29 is 13.7 Å². The maximum Gasteiger partial charge on any atom is 0.333 e. The summed E-state index contributed by atoms with van der Waals surface area (Å²) in [6, 6.07) is 4.05. The van der Waals surface area contributed by atoms with E-state index in [0.29, 0.717) is 18.1 Å². The van der Waals surface area contributed by atoms with Gasteiger partial charge in [0.15, 0.2) is 11.6 Å². The standard InChI is InChI=1S/C17H21F2N5O2/c1-11-16(24(25)26)17(22(2)21-11)20-13-5-7-23(8-6-13)10-12-3-4-14(18)15(19)9-12/h3-4,9,13,20H,5-8,10H2,1-2H3. The summed E-state index contributed by atoms with van der Waals surface area (Å²) in [5.41, 5.74) is 1.13. The number of hydrogen-bond donors (Lipinski definition) is 1. The van der Waals surface area contributed by atoms with Crippen LogP contribution in [0.1, 0.15) is 24.1 Å². The molecule has 1 aliphatic rings. The van der Waals surface area contributed by atoms with Crippen LogP contribution in [0.25, 0.3) is 0 Å². The molecule has 0 radical (unpaired) electrons. The average molecular weight is 365 g/mol. The minimum absolute atomic E-state index is 0.0108. The van der Waals surface area contributed by atoms with Crippen LogP contribution >= 0.6 is 0 Å². The van der Waals surface area contributed by atoms with Crippen molar-refractivity contribution in [2.45, 2.75) is 32.4 Å². The van der Waals surface area contributed by atoms with Gasteiger partial charge in [0.05, 0.1) is 4.92 Å². The molecule has 1 aromatic heterocycles. The quantitative estimate of drug-likeness (QED) is 0.651. The lowest BCUT2D eigenvalue weighted by atomic mass is 10.0. The number of piperidine rings is 1. The zero-order chi connectivity index (χ0) is 18.8. The van der Waals surface area contributed by atoms with Crippen LogP contribution in [0.5, 0.6) is 0 Å². The summed E-state index contributed by atoms with van der Waals surface area (Å²) in [6.07, 6.45) is 1.59. The molecule has 0 unspecified atom stereocenters. The summed E-state index contributed by atoms with van der Waals surface area (Å²) < 4.78 is 27.8. The number of aryl methyl sites for hydroxylation is 2. The summed E-state index contributed by atoms with van der Waals surface area (Å²) in [6.45, 7) is 3.70. The minimum atomic E-state index is -0.843. The molecule has 3 rings (SSSR count). The monoisotopic (exact) mass is 365 g/mol. The zero-order valence-corrected chi connectivity index (χ0v) is 14.7. The average Bonchev–Trinajstić information content (AvgIpc) is 2.86. The molecule has 1 N–H and O–H groups in total. The van der Waals surface area contributed by atoms with Crippen molar-refractivity contribution in [1.29, 1.82) is 0 Å². The van der Waals surface area contributed by atoms with Gasteiger partial charge in [-0.2, -0.15) is 5.10 Å². The molecular weight excluding hydrogens is 344 g/mol. The van der Waals surface area contributed by atoms with E-state index in [-0.39, 0.29) is 11.7 Å². The number of aromatic nitrogens is 2. The highest BCUT2D eigenvalue weighted by atomic mass is 19.2. The lowest BCUT2D eigenvalue weighted by molar-refractivity contribution is -0.384. The Morgan fingerprint density at radius 1 is 1.31 bits per heavy atom. The van der Waals surface area contributed by atoms with Crippen LogP contribution in [0.3, 0.4) is 0 Å². The Labute approximate surface area is 149 Å². The number of anilines is 1. The molecule has 0 aliphatic carbocycles. The Morgan fingerprint density at radius 2 is 2.00 bits per heavy atom. The van der Waals surface area contributed by atoms with Crippen molar-refractivity contribution >= 4 is 11.5 Å². The van der Waals surface area contributed by atoms with Crippen LogP contribution in [0.2, 0.25) is 0 Å². The normalized spacial score (nSPS) is 16.0. The minimum Gasteiger partial charge on any atom is -0.362 e. The van der Waals surface area contributed by atoms with Crippen LogP contribution in [-0.4, -0.2) is 38.7 Å². The number of nitrogens with zero attached hydrogens (tertiary/aromatic N) is 4. The van der Waals surface area contributed by atoms with Crippen LogP contribution < -0.4 is 5.32 Å². The van der Waals surface area contributed by atoms with Crippen molar-refractivity contribution in [2.75, 3.05) is 18.4 Å². The second-order valence-corrected chi connectivity index (χ2v) is 6.61. The number of halogens is 2. The fraction of sp³-hybridized carbons (Fsp3) is 0.471. The largest absolute Gasteiger partial charge is 0.362 e. The van der Waals surface area contributed by atoms with Crippen molar-refractivity contribution in [3.8, 4) is 0 Å². The number of benzene rings is 1. The Bertz CT molecular complexity index is 816. The lowest BCUT2D eigenvalue weighted by Gasteiger charge is -2.32. The molecule has 9 heteroatoms. The molecule has 140 valence electrons. The van der Waals surface area contributed by atoms with Crippen molar-refractivity contribution in [1.82, 2.24) is 14.7 Å². The zero-order valence-electron chi connectivity index (χ0n) is 14.7. The van der Waals surface area contributed by atoms with Gasteiger partial charge in [0.25, 0.3) is 0 Å². The summed E-state index contributed by atoms with van der Waals surface area (Å²) in [7, 11) is 1.68. The van der Waals surface area contributed by atoms with Gasteiger partial charge < -0.3 is 5.32 Å². The van der Waals surface area contributed by atoms with E-state index in [1.165, 1.54) is 10.7 Å². The summed E-state index contributed by atoms with van der Waals surface area (Å²) in [5, 5.41) is 18.6. The predicted molar refractivity (Wildman–Crippen MR) is 92.9 cm³/mol. The molecule has 2 heterocycles. The van der Waals surface area contributed by atoms with Crippen LogP contribution in [0, 0.1) is 28.7 Å². The molecule has 26 heavy (non-hydrogen) atoms.